The zero-order valence-corrected chi connectivity index (χ0v) is 25.2. The quantitative estimate of drug-likeness (QED) is 0.181. The number of benzene rings is 2. The first kappa shape index (κ1) is 30.3. The summed E-state index contributed by atoms with van der Waals surface area (Å²) in [5.41, 5.74) is 8.58. The first-order valence-corrected chi connectivity index (χ1v) is 13.9. The van der Waals surface area contributed by atoms with E-state index in [1.54, 1.807) is 51.0 Å². The van der Waals surface area contributed by atoms with Crippen LogP contribution in [-0.2, 0) is 6.54 Å². The van der Waals surface area contributed by atoms with Gasteiger partial charge in [0.05, 0.1) is 38.2 Å². The molecule has 2 aromatic carbocycles. The van der Waals surface area contributed by atoms with Crippen LogP contribution in [0.25, 0.3) is 32.9 Å². The van der Waals surface area contributed by atoms with Crippen molar-refractivity contribution in [3.63, 3.8) is 0 Å². The van der Waals surface area contributed by atoms with Gasteiger partial charge in [-0.25, -0.2) is 14.2 Å². The SMILES string of the molecule is COc1cc2ncc3c(N)nc(-c4cncc(OC(CN(Cc5ccc(F)cc5)C(=O)O)C(C)(C)C)c4)cc3c2cc1OC. The van der Waals surface area contributed by atoms with E-state index in [1.165, 1.54) is 17.0 Å². The van der Waals surface area contributed by atoms with Gasteiger partial charge in [-0.3, -0.25) is 9.97 Å². The molecule has 11 heteroatoms. The second-order valence-electron chi connectivity index (χ2n) is 11.5. The summed E-state index contributed by atoms with van der Waals surface area (Å²) in [5, 5.41) is 12.3. The number of fused-ring (bicyclic) bond motifs is 3. The van der Waals surface area contributed by atoms with Gasteiger partial charge < -0.3 is 30.0 Å². The molecule has 0 aliphatic carbocycles. The number of nitrogen functional groups attached to an aromatic ring is 1. The molecule has 44 heavy (non-hydrogen) atoms. The molecule has 228 valence electrons. The van der Waals surface area contributed by atoms with Crippen molar-refractivity contribution in [3.05, 3.63) is 78.5 Å². The lowest BCUT2D eigenvalue weighted by Crippen LogP contribution is -2.44. The number of nitrogens with two attached hydrogens (primary N) is 1. The van der Waals surface area contributed by atoms with Gasteiger partial charge in [-0.2, -0.15) is 0 Å². The van der Waals surface area contributed by atoms with Crippen LogP contribution in [0.5, 0.6) is 17.2 Å². The van der Waals surface area contributed by atoms with Crippen LogP contribution in [0.3, 0.4) is 0 Å². The van der Waals surface area contributed by atoms with E-state index in [0.717, 1.165) is 10.8 Å². The second kappa shape index (κ2) is 12.2. The summed E-state index contributed by atoms with van der Waals surface area (Å²) in [4.78, 5) is 27.0. The van der Waals surface area contributed by atoms with E-state index < -0.39 is 17.6 Å². The number of hydrogen-bond donors (Lipinski definition) is 2. The van der Waals surface area contributed by atoms with Gasteiger partial charge in [0.1, 0.15) is 23.5 Å². The van der Waals surface area contributed by atoms with Crippen LogP contribution in [0.2, 0.25) is 0 Å². The second-order valence-corrected chi connectivity index (χ2v) is 11.5. The van der Waals surface area contributed by atoms with Gasteiger partial charge in [-0.1, -0.05) is 32.9 Å². The fourth-order valence-electron chi connectivity index (χ4n) is 4.90. The fourth-order valence-corrected chi connectivity index (χ4v) is 4.90. The highest BCUT2D eigenvalue weighted by molar-refractivity contribution is 6.10. The van der Waals surface area contributed by atoms with E-state index in [0.29, 0.717) is 50.8 Å². The number of halogens is 1. The maximum atomic E-state index is 13.4. The van der Waals surface area contributed by atoms with E-state index in [9.17, 15) is 14.3 Å². The molecule has 10 nitrogen and oxygen atoms in total. The van der Waals surface area contributed by atoms with Crippen molar-refractivity contribution in [2.24, 2.45) is 5.41 Å². The average Bonchev–Trinajstić information content (AvgIpc) is 3.00. The number of aromatic nitrogens is 3. The van der Waals surface area contributed by atoms with Crippen LogP contribution in [-0.4, -0.2) is 57.9 Å². The largest absolute Gasteiger partial charge is 0.493 e. The molecular weight excluding hydrogens is 565 g/mol. The first-order chi connectivity index (χ1) is 21.0. The Balaban J connectivity index is 1.48. The van der Waals surface area contributed by atoms with E-state index in [1.807, 2.05) is 39.0 Å². The molecule has 0 saturated heterocycles. The van der Waals surface area contributed by atoms with Crippen LogP contribution >= 0.6 is 0 Å². The van der Waals surface area contributed by atoms with Crippen LogP contribution in [0.15, 0.2) is 67.1 Å². The molecule has 3 heterocycles. The Bertz CT molecular complexity index is 1820. The van der Waals surface area contributed by atoms with Gasteiger partial charge in [-0.15, -0.1) is 0 Å². The molecule has 0 saturated carbocycles. The normalized spacial score (nSPS) is 12.2. The number of pyridine rings is 3. The van der Waals surface area contributed by atoms with Gasteiger partial charge in [0.25, 0.3) is 0 Å². The minimum Gasteiger partial charge on any atom is -0.493 e. The molecule has 0 bridgehead atoms. The minimum atomic E-state index is -1.11. The lowest BCUT2D eigenvalue weighted by Gasteiger charge is -2.34. The van der Waals surface area contributed by atoms with Crippen LogP contribution < -0.4 is 19.9 Å². The number of hydrogen-bond acceptors (Lipinski definition) is 8. The number of carbonyl (C=O) groups is 1. The smallest absolute Gasteiger partial charge is 0.407 e. The number of rotatable bonds is 9. The predicted octanol–water partition coefficient (Wildman–Crippen LogP) is 6.56. The van der Waals surface area contributed by atoms with E-state index >= 15 is 0 Å². The number of methoxy groups -OCH3 is 2. The number of carboxylic acid groups (broad SMARTS) is 1. The summed E-state index contributed by atoms with van der Waals surface area (Å²) in [6.45, 7) is 6.08. The van der Waals surface area contributed by atoms with Gasteiger partial charge >= 0.3 is 6.09 Å². The number of anilines is 1. The molecule has 1 unspecified atom stereocenters. The van der Waals surface area contributed by atoms with E-state index in [4.69, 9.17) is 19.9 Å². The molecule has 1 atom stereocenters. The summed E-state index contributed by atoms with van der Waals surface area (Å²) >= 11 is 0. The van der Waals surface area contributed by atoms with Crippen molar-refractivity contribution < 1.29 is 28.5 Å². The van der Waals surface area contributed by atoms with E-state index in [-0.39, 0.29) is 18.9 Å². The topological polar surface area (TPSA) is 133 Å². The lowest BCUT2D eigenvalue weighted by molar-refractivity contribution is 0.0457. The molecule has 0 aliphatic heterocycles. The van der Waals surface area contributed by atoms with Crippen LogP contribution in [0.1, 0.15) is 26.3 Å². The predicted molar refractivity (Wildman–Crippen MR) is 166 cm³/mol. The van der Waals surface area contributed by atoms with Crippen LogP contribution in [0.4, 0.5) is 15.0 Å². The average molecular weight is 600 g/mol. The molecule has 5 rings (SSSR count). The Morgan fingerprint density at radius 1 is 0.977 bits per heavy atom. The standard InChI is InChI=1S/C33H34FN5O5/c1-33(2,3)30(18-39(32(40)41)17-19-6-8-21(34)9-7-19)44-22-10-20(14-36-15-22)26-11-23-24-12-28(42-4)29(43-5)13-27(24)37-16-25(23)31(35)38-26/h6-16,30H,17-18H2,1-5H3,(H2,35,38)(H,40,41). The minimum absolute atomic E-state index is 0.0753. The molecule has 5 aromatic rings. The van der Waals surface area contributed by atoms with Crippen molar-refractivity contribution in [1.29, 1.82) is 0 Å². The third-order valence-corrected chi connectivity index (χ3v) is 7.41. The van der Waals surface area contributed by atoms with Gasteiger partial charge in [0.2, 0.25) is 0 Å². The van der Waals surface area contributed by atoms with Gasteiger partial charge in [0, 0.05) is 46.8 Å². The number of amides is 1. The summed E-state index contributed by atoms with van der Waals surface area (Å²) < 4.78 is 30.7. The molecule has 0 fully saturated rings. The molecule has 3 N–H and O–H groups in total. The highest BCUT2D eigenvalue weighted by Crippen LogP contribution is 2.37. The summed E-state index contributed by atoms with van der Waals surface area (Å²) in [6.07, 6.45) is 3.28. The molecule has 0 spiro atoms. The van der Waals surface area contributed by atoms with Crippen molar-refractivity contribution in [3.8, 4) is 28.5 Å². The Morgan fingerprint density at radius 2 is 1.68 bits per heavy atom. The lowest BCUT2D eigenvalue weighted by atomic mass is 9.88. The van der Waals surface area contributed by atoms with Crippen molar-refractivity contribution >= 4 is 33.6 Å². The molecular formula is C33H34FN5O5. The van der Waals surface area contributed by atoms with Crippen molar-refractivity contribution in [2.75, 3.05) is 26.5 Å². The third-order valence-electron chi connectivity index (χ3n) is 7.41. The maximum Gasteiger partial charge on any atom is 0.407 e. The van der Waals surface area contributed by atoms with Gasteiger partial charge in [0.15, 0.2) is 11.5 Å². The third kappa shape index (κ3) is 6.41. The zero-order valence-electron chi connectivity index (χ0n) is 25.2. The van der Waals surface area contributed by atoms with Crippen molar-refractivity contribution in [2.45, 2.75) is 33.4 Å². The van der Waals surface area contributed by atoms with Crippen molar-refractivity contribution in [1.82, 2.24) is 19.9 Å². The summed E-state index contributed by atoms with van der Waals surface area (Å²) in [7, 11) is 3.14. The first-order valence-electron chi connectivity index (χ1n) is 13.9. The Kier molecular flexibility index (Phi) is 8.39. The molecule has 1 amide bonds. The Morgan fingerprint density at radius 3 is 2.34 bits per heavy atom. The summed E-state index contributed by atoms with van der Waals surface area (Å²) in [5.74, 6) is 1.49. The number of nitrogens with zero attached hydrogens (tertiary/aromatic N) is 4. The monoisotopic (exact) mass is 599 g/mol. The molecule has 0 aliphatic rings. The molecule has 3 aromatic heterocycles. The number of ether oxygens (including phenoxy) is 3. The summed E-state index contributed by atoms with van der Waals surface area (Å²) in [6, 6.07) is 13.1. The highest BCUT2D eigenvalue weighted by atomic mass is 19.1. The maximum absolute atomic E-state index is 13.4. The molecule has 0 radical (unpaired) electrons. The van der Waals surface area contributed by atoms with Crippen LogP contribution in [0, 0.1) is 11.2 Å². The van der Waals surface area contributed by atoms with E-state index in [2.05, 4.69) is 15.0 Å². The fraction of sp³-hybridized carbons (Fsp3) is 0.273. The Labute approximate surface area is 254 Å². The van der Waals surface area contributed by atoms with Gasteiger partial charge in [-0.05, 0) is 41.3 Å². The Hall–Kier alpha value is -5.19. The zero-order chi connectivity index (χ0) is 31.6. The highest BCUT2D eigenvalue weighted by Gasteiger charge is 2.31.